The number of hydrogen-bond acceptors (Lipinski definition) is 8. The maximum Gasteiger partial charge on any atom is 0.326 e. The van der Waals surface area contributed by atoms with Gasteiger partial charge in [-0.15, -0.1) is 11.3 Å². The molecular formula is C27H30N2O7S. The van der Waals surface area contributed by atoms with Gasteiger partial charge in [0, 0.05) is 13.0 Å². The van der Waals surface area contributed by atoms with Gasteiger partial charge in [-0.1, -0.05) is 35.5 Å². The Morgan fingerprint density at radius 3 is 2.22 bits per heavy atom. The van der Waals surface area contributed by atoms with Crippen molar-refractivity contribution in [3.05, 3.63) is 69.9 Å². The SMILES string of the molecule is CCOCc1cc(OC)c(-c2ccc(C[C@H](NC(=O)C(=NOC)c3cccs3)C(=O)O)cc2)c(OC)c1. The monoisotopic (exact) mass is 526 g/mol. The Labute approximate surface area is 219 Å². The molecule has 9 nitrogen and oxygen atoms in total. The van der Waals surface area contributed by atoms with Crippen LogP contribution in [-0.2, 0) is 32.2 Å². The smallest absolute Gasteiger partial charge is 0.326 e. The van der Waals surface area contributed by atoms with Crippen LogP contribution in [0, 0.1) is 0 Å². The van der Waals surface area contributed by atoms with E-state index in [2.05, 4.69) is 10.5 Å². The second-order valence-corrected chi connectivity index (χ2v) is 8.83. The van der Waals surface area contributed by atoms with E-state index < -0.39 is 17.9 Å². The second-order valence-electron chi connectivity index (χ2n) is 7.88. The van der Waals surface area contributed by atoms with Gasteiger partial charge in [0.25, 0.3) is 5.91 Å². The predicted molar refractivity (Wildman–Crippen MR) is 141 cm³/mol. The number of thiophene rings is 1. The summed E-state index contributed by atoms with van der Waals surface area (Å²) in [5, 5.41) is 17.9. The molecule has 0 aliphatic heterocycles. The molecule has 0 aliphatic carbocycles. The van der Waals surface area contributed by atoms with Gasteiger partial charge in [-0.25, -0.2) is 4.79 Å². The number of benzene rings is 2. The van der Waals surface area contributed by atoms with E-state index in [0.29, 0.717) is 29.6 Å². The van der Waals surface area contributed by atoms with Crippen molar-refractivity contribution < 1.29 is 33.7 Å². The molecule has 10 heteroatoms. The van der Waals surface area contributed by atoms with Gasteiger partial charge in [-0.05, 0) is 47.2 Å². The number of methoxy groups -OCH3 is 2. The van der Waals surface area contributed by atoms with Crippen LogP contribution in [0.2, 0.25) is 0 Å². The number of hydrogen-bond donors (Lipinski definition) is 2. The summed E-state index contributed by atoms with van der Waals surface area (Å²) in [6, 6.07) is 13.5. The number of carboxylic acids is 1. The molecule has 3 aromatic rings. The molecule has 1 atom stereocenters. The van der Waals surface area contributed by atoms with E-state index >= 15 is 0 Å². The Balaban J connectivity index is 1.81. The molecule has 2 N–H and O–H groups in total. The summed E-state index contributed by atoms with van der Waals surface area (Å²) in [7, 11) is 4.51. The van der Waals surface area contributed by atoms with Crippen molar-refractivity contribution in [2.24, 2.45) is 5.16 Å². The van der Waals surface area contributed by atoms with Gasteiger partial charge >= 0.3 is 5.97 Å². The molecule has 1 aromatic heterocycles. The van der Waals surface area contributed by atoms with Crippen molar-refractivity contribution in [1.82, 2.24) is 5.32 Å². The standard InChI is InChI=1S/C27H30N2O7S/c1-5-36-16-18-14-21(33-2)24(22(15-18)34-3)19-10-8-17(9-11-19)13-20(27(31)32)28-26(30)25(29-35-4)23-7-6-12-37-23/h6-12,14-15,20H,5,13,16H2,1-4H3,(H,28,30)(H,31,32)/t20-/m0/s1. The summed E-state index contributed by atoms with van der Waals surface area (Å²) in [5.74, 6) is -0.518. The van der Waals surface area contributed by atoms with Gasteiger partial charge in [-0.2, -0.15) is 0 Å². The van der Waals surface area contributed by atoms with Crippen molar-refractivity contribution in [3.8, 4) is 22.6 Å². The van der Waals surface area contributed by atoms with Crippen molar-refractivity contribution in [2.75, 3.05) is 27.9 Å². The molecule has 0 saturated heterocycles. The van der Waals surface area contributed by atoms with Crippen molar-refractivity contribution in [2.45, 2.75) is 26.0 Å². The van der Waals surface area contributed by atoms with Crippen LogP contribution in [0.5, 0.6) is 11.5 Å². The van der Waals surface area contributed by atoms with Crippen molar-refractivity contribution >= 4 is 28.9 Å². The van der Waals surface area contributed by atoms with Crippen molar-refractivity contribution in [1.29, 1.82) is 0 Å². The van der Waals surface area contributed by atoms with Crippen LogP contribution in [-0.4, -0.2) is 56.7 Å². The number of carboxylic acid groups (broad SMARTS) is 1. The zero-order valence-corrected chi connectivity index (χ0v) is 22.0. The number of aliphatic carboxylic acids is 1. The number of carbonyl (C=O) groups is 2. The zero-order valence-electron chi connectivity index (χ0n) is 21.1. The van der Waals surface area contributed by atoms with Crippen LogP contribution in [0.4, 0.5) is 0 Å². The molecule has 0 radical (unpaired) electrons. The molecular weight excluding hydrogens is 496 g/mol. The van der Waals surface area contributed by atoms with Gasteiger partial charge in [0.15, 0.2) is 5.71 Å². The third-order valence-electron chi connectivity index (χ3n) is 5.48. The lowest BCUT2D eigenvalue weighted by Crippen LogP contribution is -2.45. The molecule has 1 heterocycles. The van der Waals surface area contributed by atoms with Crippen molar-refractivity contribution in [3.63, 3.8) is 0 Å². The first-order valence-corrected chi connectivity index (χ1v) is 12.4. The minimum atomic E-state index is -1.16. The first-order chi connectivity index (χ1) is 17.9. The highest BCUT2D eigenvalue weighted by Crippen LogP contribution is 2.40. The quantitative estimate of drug-likeness (QED) is 0.254. The first kappa shape index (κ1) is 27.7. The Hall–Kier alpha value is -3.89. The highest BCUT2D eigenvalue weighted by atomic mass is 32.1. The highest BCUT2D eigenvalue weighted by Gasteiger charge is 2.25. The first-order valence-electron chi connectivity index (χ1n) is 11.5. The number of ether oxygens (including phenoxy) is 3. The second kappa shape index (κ2) is 13.4. The molecule has 2 aromatic carbocycles. The molecule has 37 heavy (non-hydrogen) atoms. The van der Waals surface area contributed by atoms with E-state index in [9.17, 15) is 14.7 Å². The lowest BCUT2D eigenvalue weighted by atomic mass is 9.98. The topological polar surface area (TPSA) is 116 Å². The minimum absolute atomic E-state index is 0.0195. The number of rotatable bonds is 13. The summed E-state index contributed by atoms with van der Waals surface area (Å²) >= 11 is 1.30. The van der Waals surface area contributed by atoms with Crippen LogP contribution in [0.25, 0.3) is 11.1 Å². The van der Waals surface area contributed by atoms with E-state index in [1.54, 1.807) is 31.7 Å². The number of carbonyl (C=O) groups excluding carboxylic acids is 1. The molecule has 0 unspecified atom stereocenters. The third-order valence-corrected chi connectivity index (χ3v) is 6.35. The molecule has 0 saturated carbocycles. The summed E-state index contributed by atoms with van der Waals surface area (Å²) in [6.07, 6.45) is 0.0770. The van der Waals surface area contributed by atoms with Gasteiger partial charge < -0.3 is 29.5 Å². The van der Waals surface area contributed by atoms with E-state index in [-0.39, 0.29) is 12.1 Å². The Bertz CT molecular complexity index is 1200. The van der Waals surface area contributed by atoms with Crippen LogP contribution < -0.4 is 14.8 Å². The average molecular weight is 527 g/mol. The normalized spacial score (nSPS) is 12.1. The van der Waals surface area contributed by atoms with Gasteiger partial charge in [0.05, 0.1) is 31.3 Å². The Kier molecular flexibility index (Phi) is 10.0. The molecule has 3 rings (SSSR count). The zero-order chi connectivity index (χ0) is 26.8. The molecule has 0 bridgehead atoms. The number of nitrogens with zero attached hydrogens (tertiary/aromatic N) is 1. The van der Waals surface area contributed by atoms with E-state index in [1.165, 1.54) is 18.4 Å². The minimum Gasteiger partial charge on any atom is -0.496 e. The van der Waals surface area contributed by atoms with Gasteiger partial charge in [-0.3, -0.25) is 4.79 Å². The fraction of sp³-hybridized carbons (Fsp3) is 0.296. The van der Waals surface area contributed by atoms with Crippen LogP contribution in [0.15, 0.2) is 59.1 Å². The number of nitrogens with one attached hydrogen (secondary N) is 1. The van der Waals surface area contributed by atoms with E-state index in [0.717, 1.165) is 22.3 Å². The summed E-state index contributed by atoms with van der Waals surface area (Å²) in [4.78, 5) is 30.1. The summed E-state index contributed by atoms with van der Waals surface area (Å²) in [5.41, 5.74) is 3.28. The molecule has 0 aliphatic rings. The summed E-state index contributed by atoms with van der Waals surface area (Å²) in [6.45, 7) is 2.97. The van der Waals surface area contributed by atoms with Crippen LogP contribution in [0.3, 0.4) is 0 Å². The number of oxime groups is 1. The average Bonchev–Trinajstić information content (AvgIpc) is 3.44. The maximum atomic E-state index is 12.8. The third kappa shape index (κ3) is 7.08. The maximum absolute atomic E-state index is 12.8. The van der Waals surface area contributed by atoms with Gasteiger partial charge in [0.2, 0.25) is 0 Å². The summed E-state index contributed by atoms with van der Waals surface area (Å²) < 4.78 is 16.8. The fourth-order valence-electron chi connectivity index (χ4n) is 3.73. The van der Waals surface area contributed by atoms with E-state index in [4.69, 9.17) is 19.0 Å². The Morgan fingerprint density at radius 2 is 1.70 bits per heavy atom. The largest absolute Gasteiger partial charge is 0.496 e. The molecule has 0 fully saturated rings. The molecule has 1 amide bonds. The van der Waals surface area contributed by atoms with E-state index in [1.807, 2.05) is 43.3 Å². The van der Waals surface area contributed by atoms with Crippen LogP contribution in [0.1, 0.15) is 22.9 Å². The lowest BCUT2D eigenvalue weighted by Gasteiger charge is -2.17. The lowest BCUT2D eigenvalue weighted by molar-refractivity contribution is -0.141. The fourth-order valence-corrected chi connectivity index (χ4v) is 4.43. The predicted octanol–water partition coefficient (Wildman–Crippen LogP) is 4.13. The van der Waals surface area contributed by atoms with Gasteiger partial charge in [0.1, 0.15) is 24.7 Å². The molecule has 0 spiro atoms. The van der Waals surface area contributed by atoms with Crippen LogP contribution >= 0.6 is 11.3 Å². The number of amides is 1. The molecule has 196 valence electrons. The highest BCUT2D eigenvalue weighted by molar-refractivity contribution is 7.13. The Morgan fingerprint density at radius 1 is 1.03 bits per heavy atom.